The van der Waals surface area contributed by atoms with Crippen molar-refractivity contribution in [1.82, 2.24) is 0 Å². The Balaban J connectivity index is 2.62. The van der Waals surface area contributed by atoms with E-state index in [-0.39, 0.29) is 0 Å². The molecule has 0 saturated heterocycles. The van der Waals surface area contributed by atoms with Crippen LogP contribution in [0.15, 0.2) is 53.4 Å². The maximum absolute atomic E-state index is 10.5. The first kappa shape index (κ1) is 12.9. The van der Waals surface area contributed by atoms with Gasteiger partial charge in [0.2, 0.25) is 5.88 Å². The van der Waals surface area contributed by atoms with Gasteiger partial charge in [0.15, 0.2) is 0 Å². The normalized spacial score (nSPS) is 10.8. The quantitative estimate of drug-likeness (QED) is 0.325. The second-order valence-electron chi connectivity index (χ2n) is 3.64. The molecule has 0 amide bonds. The fourth-order valence-corrected chi connectivity index (χ4v) is 1.19. The predicted molar refractivity (Wildman–Crippen MR) is 69.1 cm³/mol. The number of aliphatic imine (C=N–C) groups is 1. The van der Waals surface area contributed by atoms with Gasteiger partial charge in [-0.2, -0.15) is 0 Å². The van der Waals surface area contributed by atoms with Crippen molar-refractivity contribution in [3.63, 3.8) is 0 Å². The fraction of sp³-hybridized carbons (Fsp3) is 0.143. The molecule has 3 nitrogen and oxygen atoms in total. The third-order valence-electron chi connectivity index (χ3n) is 2.03. The lowest BCUT2D eigenvalue weighted by molar-refractivity contribution is 0.112. The molecular weight excluding hydrogens is 214 g/mol. The molecule has 0 bridgehead atoms. The molecular formula is C14H15NO2. The maximum Gasteiger partial charge on any atom is 0.213 e. The number of allylic oxidation sites excluding steroid dienone is 2. The molecule has 0 radical (unpaired) electrons. The van der Waals surface area contributed by atoms with Gasteiger partial charge in [-0.3, -0.25) is 4.79 Å². The molecule has 88 valence electrons. The number of hydrogen-bond donors (Lipinski definition) is 0. The van der Waals surface area contributed by atoms with Crippen LogP contribution in [0.2, 0.25) is 0 Å². The lowest BCUT2D eigenvalue weighted by atomic mass is 10.2. The smallest absolute Gasteiger partial charge is 0.213 e. The molecule has 0 atom stereocenters. The zero-order chi connectivity index (χ0) is 12.7. The van der Waals surface area contributed by atoms with Gasteiger partial charge in [0.1, 0.15) is 12.9 Å². The molecule has 0 N–H and O–H groups in total. The van der Waals surface area contributed by atoms with Crippen LogP contribution < -0.4 is 0 Å². The summed E-state index contributed by atoms with van der Waals surface area (Å²) in [4.78, 5) is 14.2. The molecule has 17 heavy (non-hydrogen) atoms. The van der Waals surface area contributed by atoms with Gasteiger partial charge in [-0.1, -0.05) is 36.4 Å². The van der Waals surface area contributed by atoms with Gasteiger partial charge in [0, 0.05) is 11.6 Å². The topological polar surface area (TPSA) is 38.7 Å². The van der Waals surface area contributed by atoms with Crippen LogP contribution in [0.1, 0.15) is 22.8 Å². The van der Waals surface area contributed by atoms with E-state index in [1.165, 1.54) is 0 Å². The Labute approximate surface area is 101 Å². The number of aldehydes is 1. The molecule has 0 saturated carbocycles. The second kappa shape index (κ2) is 6.43. The van der Waals surface area contributed by atoms with Crippen LogP contribution >= 0.6 is 0 Å². The highest BCUT2D eigenvalue weighted by Crippen LogP contribution is 2.09. The number of carbonyl (C=O) groups is 1. The Kier molecular flexibility index (Phi) is 4.88. The lowest BCUT2D eigenvalue weighted by Crippen LogP contribution is -1.92. The van der Waals surface area contributed by atoms with Crippen LogP contribution in [-0.4, -0.2) is 13.0 Å². The molecule has 0 aromatic heterocycles. The first-order valence-electron chi connectivity index (χ1n) is 5.16. The number of rotatable bonds is 6. The molecule has 0 spiro atoms. The molecule has 0 aliphatic rings. The Hall–Kier alpha value is -2.16. The van der Waals surface area contributed by atoms with Crippen molar-refractivity contribution in [3.05, 3.63) is 59.5 Å². The second-order valence-corrected chi connectivity index (χ2v) is 3.64. The average molecular weight is 229 g/mol. The van der Waals surface area contributed by atoms with Gasteiger partial charge < -0.3 is 4.74 Å². The number of hydrogen-bond acceptors (Lipinski definition) is 3. The summed E-state index contributed by atoms with van der Waals surface area (Å²) in [6, 6.07) is 7.17. The van der Waals surface area contributed by atoms with E-state index in [1.54, 1.807) is 18.2 Å². The highest BCUT2D eigenvalue weighted by Gasteiger charge is 1.97. The Morgan fingerprint density at radius 1 is 1.41 bits per heavy atom. The summed E-state index contributed by atoms with van der Waals surface area (Å²) < 4.78 is 5.44. The summed E-state index contributed by atoms with van der Waals surface area (Å²) in [5.74, 6) is 0.442. The van der Waals surface area contributed by atoms with E-state index in [1.807, 2.05) is 19.1 Å². The SMILES string of the molecule is C=N/C(=C\C(=C)C)OCc1ccc(C=O)cc1. The van der Waals surface area contributed by atoms with E-state index in [4.69, 9.17) is 4.74 Å². The van der Waals surface area contributed by atoms with Gasteiger partial charge in [-0.25, -0.2) is 4.99 Å². The number of nitrogens with zero attached hydrogens (tertiary/aromatic N) is 1. The Morgan fingerprint density at radius 3 is 2.53 bits per heavy atom. The molecule has 0 heterocycles. The van der Waals surface area contributed by atoms with Crippen molar-refractivity contribution in [2.24, 2.45) is 4.99 Å². The van der Waals surface area contributed by atoms with Crippen LogP contribution in [-0.2, 0) is 11.3 Å². The fourth-order valence-electron chi connectivity index (χ4n) is 1.19. The zero-order valence-corrected chi connectivity index (χ0v) is 9.85. The minimum atomic E-state index is 0.386. The third kappa shape index (κ3) is 4.47. The molecule has 0 aliphatic heterocycles. The van der Waals surface area contributed by atoms with E-state index >= 15 is 0 Å². The van der Waals surface area contributed by atoms with Crippen molar-refractivity contribution in [2.75, 3.05) is 0 Å². The minimum absolute atomic E-state index is 0.386. The molecule has 0 aliphatic carbocycles. The van der Waals surface area contributed by atoms with Crippen molar-refractivity contribution in [3.8, 4) is 0 Å². The summed E-state index contributed by atoms with van der Waals surface area (Å²) in [6.07, 6.45) is 2.52. The Bertz CT molecular complexity index is 444. The van der Waals surface area contributed by atoms with Crippen LogP contribution in [0.3, 0.4) is 0 Å². The highest BCUT2D eigenvalue weighted by atomic mass is 16.5. The van der Waals surface area contributed by atoms with E-state index < -0.39 is 0 Å². The van der Waals surface area contributed by atoms with Gasteiger partial charge in [-0.05, 0) is 19.2 Å². The van der Waals surface area contributed by atoms with Gasteiger partial charge >= 0.3 is 0 Å². The van der Waals surface area contributed by atoms with Crippen molar-refractivity contribution < 1.29 is 9.53 Å². The average Bonchev–Trinajstić information content (AvgIpc) is 2.34. The standard InChI is InChI=1S/C14H15NO2/c1-11(2)8-14(15-3)17-10-13-6-4-12(9-16)5-7-13/h4-9H,1,3,10H2,2H3/b14-8+. The van der Waals surface area contributed by atoms with E-state index in [0.717, 1.165) is 17.4 Å². The van der Waals surface area contributed by atoms with Crippen molar-refractivity contribution >= 4 is 13.0 Å². The molecule has 0 unspecified atom stereocenters. The summed E-state index contributed by atoms with van der Waals surface area (Å²) in [5, 5.41) is 0. The maximum atomic E-state index is 10.5. The molecule has 3 heteroatoms. The number of carbonyl (C=O) groups excluding carboxylic acids is 1. The van der Waals surface area contributed by atoms with E-state index in [9.17, 15) is 4.79 Å². The van der Waals surface area contributed by atoms with Crippen LogP contribution in [0.5, 0.6) is 0 Å². The van der Waals surface area contributed by atoms with E-state index in [2.05, 4.69) is 18.3 Å². The van der Waals surface area contributed by atoms with Crippen LogP contribution in [0, 0.1) is 0 Å². The van der Waals surface area contributed by atoms with E-state index in [0.29, 0.717) is 18.1 Å². The van der Waals surface area contributed by atoms with Gasteiger partial charge in [-0.15, -0.1) is 0 Å². The first-order chi connectivity index (χ1) is 8.15. The molecule has 1 aromatic rings. The van der Waals surface area contributed by atoms with Gasteiger partial charge in [0.25, 0.3) is 0 Å². The monoisotopic (exact) mass is 229 g/mol. The molecule has 1 rings (SSSR count). The van der Waals surface area contributed by atoms with Gasteiger partial charge in [0.05, 0.1) is 0 Å². The Morgan fingerprint density at radius 2 is 2.06 bits per heavy atom. The highest BCUT2D eigenvalue weighted by molar-refractivity contribution is 5.74. The molecule has 1 aromatic carbocycles. The number of benzene rings is 1. The predicted octanol–water partition coefficient (Wildman–Crippen LogP) is 3.13. The largest absolute Gasteiger partial charge is 0.473 e. The van der Waals surface area contributed by atoms with Crippen LogP contribution in [0.25, 0.3) is 0 Å². The molecule has 0 fully saturated rings. The summed E-state index contributed by atoms with van der Waals surface area (Å²) in [6.45, 7) is 9.40. The summed E-state index contributed by atoms with van der Waals surface area (Å²) in [7, 11) is 0. The van der Waals surface area contributed by atoms with Crippen molar-refractivity contribution in [1.29, 1.82) is 0 Å². The van der Waals surface area contributed by atoms with Crippen LogP contribution in [0.4, 0.5) is 0 Å². The first-order valence-corrected chi connectivity index (χ1v) is 5.16. The number of ether oxygens (including phenoxy) is 1. The lowest BCUT2D eigenvalue weighted by Gasteiger charge is -2.06. The summed E-state index contributed by atoms with van der Waals surface area (Å²) >= 11 is 0. The summed E-state index contributed by atoms with van der Waals surface area (Å²) in [5.41, 5.74) is 2.46. The minimum Gasteiger partial charge on any atom is -0.473 e. The zero-order valence-electron chi connectivity index (χ0n) is 9.85. The third-order valence-corrected chi connectivity index (χ3v) is 2.03. The van der Waals surface area contributed by atoms with Crippen molar-refractivity contribution in [2.45, 2.75) is 13.5 Å².